The molecule has 0 bridgehead atoms. The van der Waals surface area contributed by atoms with E-state index in [0.717, 1.165) is 21.2 Å². The summed E-state index contributed by atoms with van der Waals surface area (Å²) >= 11 is 0. The summed E-state index contributed by atoms with van der Waals surface area (Å²) < 4.78 is 27.4. The van der Waals surface area contributed by atoms with Gasteiger partial charge in [0.05, 0.1) is 4.90 Å². The minimum atomic E-state index is -3.88. The molecule has 1 aromatic heterocycles. The van der Waals surface area contributed by atoms with Gasteiger partial charge >= 0.3 is 0 Å². The van der Waals surface area contributed by atoms with Gasteiger partial charge in [0.25, 0.3) is 15.9 Å². The number of carbonyl (C=O) groups is 1. The van der Waals surface area contributed by atoms with Crippen LogP contribution in [0.4, 0.5) is 0 Å². The first-order chi connectivity index (χ1) is 13.5. The second-order valence-electron chi connectivity index (χ2n) is 5.98. The highest BCUT2D eigenvalue weighted by atomic mass is 32.2. The van der Waals surface area contributed by atoms with Crippen molar-refractivity contribution in [2.24, 2.45) is 5.73 Å². The smallest absolute Gasteiger partial charge is 0.267 e. The molecule has 0 saturated heterocycles. The van der Waals surface area contributed by atoms with Crippen molar-refractivity contribution >= 4 is 22.0 Å². The monoisotopic (exact) mass is 397 g/mol. The Balaban J connectivity index is 2.03. The SMILES string of the molecule is NCc1ccc(-c2ccccc2)cc1S(=O)(=O)n1ccc(C=CC(=O)NO)c1. The molecule has 0 unspecified atom stereocenters. The Labute approximate surface area is 162 Å². The van der Waals surface area contributed by atoms with E-state index in [0.29, 0.717) is 11.1 Å². The Bertz CT molecular complexity index is 1120. The van der Waals surface area contributed by atoms with Gasteiger partial charge in [0.15, 0.2) is 0 Å². The summed E-state index contributed by atoms with van der Waals surface area (Å²) in [7, 11) is -3.88. The maximum absolute atomic E-state index is 13.2. The van der Waals surface area contributed by atoms with E-state index in [1.165, 1.54) is 23.9 Å². The molecule has 0 aliphatic carbocycles. The number of aromatic nitrogens is 1. The van der Waals surface area contributed by atoms with E-state index in [1.807, 2.05) is 36.4 Å². The van der Waals surface area contributed by atoms with Crippen molar-refractivity contribution in [2.45, 2.75) is 11.4 Å². The van der Waals surface area contributed by atoms with Crippen LogP contribution in [-0.2, 0) is 21.4 Å². The number of benzene rings is 2. The highest BCUT2D eigenvalue weighted by Crippen LogP contribution is 2.27. The maximum Gasteiger partial charge on any atom is 0.267 e. The van der Waals surface area contributed by atoms with Gasteiger partial charge < -0.3 is 5.73 Å². The normalized spacial score (nSPS) is 11.6. The molecule has 8 heteroatoms. The summed E-state index contributed by atoms with van der Waals surface area (Å²) in [6.45, 7) is 0.0777. The highest BCUT2D eigenvalue weighted by molar-refractivity contribution is 7.90. The predicted octanol–water partition coefficient (Wildman–Crippen LogP) is 2.37. The quantitative estimate of drug-likeness (QED) is 0.336. The topological polar surface area (TPSA) is 114 Å². The Morgan fingerprint density at radius 2 is 1.86 bits per heavy atom. The van der Waals surface area contributed by atoms with Crippen LogP contribution in [0.3, 0.4) is 0 Å². The van der Waals surface area contributed by atoms with Gasteiger partial charge in [-0.1, -0.05) is 42.5 Å². The average Bonchev–Trinajstić information content (AvgIpc) is 3.22. The summed E-state index contributed by atoms with van der Waals surface area (Å²) in [6.07, 6.45) is 5.25. The van der Waals surface area contributed by atoms with Crippen molar-refractivity contribution in [1.29, 1.82) is 0 Å². The van der Waals surface area contributed by atoms with Gasteiger partial charge in [0, 0.05) is 25.0 Å². The molecule has 7 nitrogen and oxygen atoms in total. The summed E-state index contributed by atoms with van der Waals surface area (Å²) in [5.74, 6) is -0.711. The standard InChI is InChI=1S/C20H19N3O4S/c21-13-18-8-7-17(16-4-2-1-3-5-16)12-19(18)28(26,27)23-11-10-15(14-23)6-9-20(24)22-25/h1-12,14,25H,13,21H2,(H,22,24). The van der Waals surface area contributed by atoms with Crippen LogP contribution in [-0.4, -0.2) is 23.5 Å². The fraction of sp³-hybridized carbons (Fsp3) is 0.0500. The molecule has 4 N–H and O–H groups in total. The molecule has 3 aromatic rings. The van der Waals surface area contributed by atoms with Crippen molar-refractivity contribution in [3.8, 4) is 11.1 Å². The second kappa shape index (κ2) is 8.22. The van der Waals surface area contributed by atoms with Crippen LogP contribution in [0.2, 0.25) is 0 Å². The Hall–Kier alpha value is -3.20. The molecule has 3 rings (SSSR count). The zero-order valence-electron chi connectivity index (χ0n) is 14.8. The molecule has 0 aliphatic rings. The second-order valence-corrected chi connectivity index (χ2v) is 7.79. The molecule has 0 radical (unpaired) electrons. The van der Waals surface area contributed by atoms with Crippen LogP contribution in [0.5, 0.6) is 0 Å². The summed E-state index contributed by atoms with van der Waals surface area (Å²) in [4.78, 5) is 11.2. The first-order valence-electron chi connectivity index (χ1n) is 8.40. The molecular formula is C20H19N3O4S. The number of nitrogens with two attached hydrogens (primary N) is 1. The average molecular weight is 397 g/mol. The lowest BCUT2D eigenvalue weighted by Gasteiger charge is -2.12. The Morgan fingerprint density at radius 1 is 1.11 bits per heavy atom. The van der Waals surface area contributed by atoms with E-state index in [2.05, 4.69) is 0 Å². The van der Waals surface area contributed by atoms with Crippen molar-refractivity contribution < 1.29 is 18.4 Å². The zero-order chi connectivity index (χ0) is 20.1. The van der Waals surface area contributed by atoms with Crippen LogP contribution >= 0.6 is 0 Å². The third-order valence-electron chi connectivity index (χ3n) is 4.18. The predicted molar refractivity (Wildman–Crippen MR) is 106 cm³/mol. The molecule has 0 aliphatic heterocycles. The lowest BCUT2D eigenvalue weighted by atomic mass is 10.0. The number of carbonyl (C=O) groups excluding carboxylic acids is 1. The molecule has 0 atom stereocenters. The molecule has 144 valence electrons. The van der Waals surface area contributed by atoms with Gasteiger partial charge in [-0.25, -0.2) is 17.9 Å². The van der Waals surface area contributed by atoms with Crippen molar-refractivity contribution in [1.82, 2.24) is 9.45 Å². The fourth-order valence-electron chi connectivity index (χ4n) is 2.74. The van der Waals surface area contributed by atoms with Gasteiger partial charge in [-0.3, -0.25) is 10.0 Å². The van der Waals surface area contributed by atoms with Gasteiger partial charge in [-0.2, -0.15) is 0 Å². The highest BCUT2D eigenvalue weighted by Gasteiger charge is 2.21. The van der Waals surface area contributed by atoms with Crippen LogP contribution in [0.15, 0.2) is 78.0 Å². The summed E-state index contributed by atoms with van der Waals surface area (Å²) in [5, 5.41) is 8.51. The number of hydrogen-bond acceptors (Lipinski definition) is 5. The number of hydrogen-bond donors (Lipinski definition) is 3. The van der Waals surface area contributed by atoms with E-state index in [9.17, 15) is 13.2 Å². The Morgan fingerprint density at radius 3 is 2.54 bits per heavy atom. The molecular weight excluding hydrogens is 378 g/mol. The molecule has 28 heavy (non-hydrogen) atoms. The largest absolute Gasteiger partial charge is 0.326 e. The zero-order valence-corrected chi connectivity index (χ0v) is 15.6. The van der Waals surface area contributed by atoms with E-state index >= 15 is 0 Å². The van der Waals surface area contributed by atoms with Gasteiger partial charge in [-0.15, -0.1) is 0 Å². The number of rotatable bonds is 6. The van der Waals surface area contributed by atoms with Gasteiger partial charge in [0.2, 0.25) is 0 Å². The molecule has 0 saturated carbocycles. The van der Waals surface area contributed by atoms with E-state index in [-0.39, 0.29) is 11.4 Å². The van der Waals surface area contributed by atoms with Crippen molar-refractivity contribution in [2.75, 3.05) is 0 Å². The van der Waals surface area contributed by atoms with E-state index in [1.54, 1.807) is 18.2 Å². The van der Waals surface area contributed by atoms with E-state index in [4.69, 9.17) is 10.9 Å². The molecule has 0 fully saturated rings. The molecule has 2 aromatic carbocycles. The number of nitrogens with zero attached hydrogens (tertiary/aromatic N) is 1. The van der Waals surface area contributed by atoms with Crippen LogP contribution in [0, 0.1) is 0 Å². The first kappa shape index (κ1) is 19.6. The number of hydroxylamine groups is 1. The van der Waals surface area contributed by atoms with Crippen LogP contribution < -0.4 is 11.2 Å². The molecule has 1 heterocycles. The van der Waals surface area contributed by atoms with Crippen LogP contribution in [0.1, 0.15) is 11.1 Å². The minimum Gasteiger partial charge on any atom is -0.326 e. The maximum atomic E-state index is 13.2. The van der Waals surface area contributed by atoms with Crippen molar-refractivity contribution in [3.05, 3.63) is 84.2 Å². The van der Waals surface area contributed by atoms with Crippen molar-refractivity contribution in [3.63, 3.8) is 0 Å². The molecule has 1 amide bonds. The van der Waals surface area contributed by atoms with Crippen LogP contribution in [0.25, 0.3) is 17.2 Å². The molecule has 0 spiro atoms. The Kier molecular flexibility index (Phi) is 5.74. The fourth-order valence-corrected chi connectivity index (χ4v) is 4.20. The van der Waals surface area contributed by atoms with Gasteiger partial charge in [0.1, 0.15) is 0 Å². The first-order valence-corrected chi connectivity index (χ1v) is 9.84. The van der Waals surface area contributed by atoms with E-state index < -0.39 is 15.9 Å². The lowest BCUT2D eigenvalue weighted by Crippen LogP contribution is -2.15. The lowest BCUT2D eigenvalue weighted by molar-refractivity contribution is -0.124. The summed E-state index contributed by atoms with van der Waals surface area (Å²) in [5.41, 5.74) is 9.89. The third kappa shape index (κ3) is 4.04. The number of nitrogens with one attached hydrogen (secondary N) is 1. The third-order valence-corrected chi connectivity index (χ3v) is 5.90. The number of amides is 1. The van der Waals surface area contributed by atoms with Gasteiger partial charge in [-0.05, 0) is 40.5 Å². The minimum absolute atomic E-state index is 0.0777. The summed E-state index contributed by atoms with van der Waals surface area (Å²) in [6, 6.07) is 16.2.